The minimum absolute atomic E-state index is 0.393. The van der Waals surface area contributed by atoms with Gasteiger partial charge in [0.1, 0.15) is 11.6 Å². The fraction of sp³-hybridized carbons (Fsp3) is 0.800. The topological polar surface area (TPSA) is 42.7 Å². The summed E-state index contributed by atoms with van der Waals surface area (Å²) in [4.78, 5) is 4.48. The van der Waals surface area contributed by atoms with Gasteiger partial charge in [0.2, 0.25) is 0 Å². The second kappa shape index (κ2) is 3.69. The molecular formula is C10H18N4. The molecule has 1 aromatic heterocycles. The second-order valence-electron chi connectivity index (χ2n) is 4.26. The molecule has 0 radical (unpaired) electrons. The lowest BCUT2D eigenvalue weighted by atomic mass is 10.1. The molecule has 1 atom stereocenters. The minimum atomic E-state index is 0.393. The van der Waals surface area contributed by atoms with Crippen LogP contribution in [0.5, 0.6) is 0 Å². The molecule has 0 fully saturated rings. The van der Waals surface area contributed by atoms with Gasteiger partial charge in [-0.2, -0.15) is 5.10 Å². The van der Waals surface area contributed by atoms with Crippen LogP contribution in [0, 0.1) is 6.92 Å². The van der Waals surface area contributed by atoms with Crippen molar-refractivity contribution in [1.82, 2.24) is 20.1 Å². The Hall–Kier alpha value is -0.900. The van der Waals surface area contributed by atoms with E-state index in [1.807, 2.05) is 11.6 Å². The Morgan fingerprint density at radius 3 is 3.00 bits per heavy atom. The maximum absolute atomic E-state index is 4.48. The Balaban J connectivity index is 2.21. The van der Waals surface area contributed by atoms with E-state index in [0.29, 0.717) is 12.1 Å². The molecule has 0 bridgehead atoms. The van der Waals surface area contributed by atoms with Crippen LogP contribution in [0.4, 0.5) is 0 Å². The van der Waals surface area contributed by atoms with Crippen LogP contribution in [0.2, 0.25) is 0 Å². The summed E-state index contributed by atoms with van der Waals surface area (Å²) in [7, 11) is 0. The molecule has 0 saturated heterocycles. The molecule has 0 spiro atoms. The second-order valence-corrected chi connectivity index (χ2v) is 4.26. The van der Waals surface area contributed by atoms with Crippen molar-refractivity contribution in [1.29, 1.82) is 0 Å². The molecule has 0 amide bonds. The Kier molecular flexibility index (Phi) is 2.54. The van der Waals surface area contributed by atoms with E-state index < -0.39 is 0 Å². The van der Waals surface area contributed by atoms with Gasteiger partial charge in [-0.3, -0.25) is 0 Å². The minimum Gasteiger partial charge on any atom is -0.305 e. The lowest BCUT2D eigenvalue weighted by Crippen LogP contribution is -2.33. The van der Waals surface area contributed by atoms with Gasteiger partial charge in [-0.1, -0.05) is 13.8 Å². The third-order valence-electron chi connectivity index (χ3n) is 2.52. The van der Waals surface area contributed by atoms with Gasteiger partial charge in [0.15, 0.2) is 0 Å². The predicted molar refractivity (Wildman–Crippen MR) is 55.0 cm³/mol. The fourth-order valence-corrected chi connectivity index (χ4v) is 2.03. The lowest BCUT2D eigenvalue weighted by molar-refractivity contribution is 0.348. The SMILES string of the molecule is Cc1nc2n(n1)CCCC2NC(C)C. The monoisotopic (exact) mass is 194 g/mol. The van der Waals surface area contributed by atoms with Crippen molar-refractivity contribution in [2.24, 2.45) is 0 Å². The van der Waals surface area contributed by atoms with Crippen LogP contribution >= 0.6 is 0 Å². The van der Waals surface area contributed by atoms with Gasteiger partial charge >= 0.3 is 0 Å². The smallest absolute Gasteiger partial charge is 0.147 e. The first-order valence-corrected chi connectivity index (χ1v) is 5.34. The molecule has 1 aromatic rings. The number of aromatic nitrogens is 3. The van der Waals surface area contributed by atoms with Crippen molar-refractivity contribution in [2.75, 3.05) is 0 Å². The molecule has 0 aromatic carbocycles. The molecule has 1 aliphatic heterocycles. The van der Waals surface area contributed by atoms with E-state index >= 15 is 0 Å². The van der Waals surface area contributed by atoms with E-state index in [4.69, 9.17) is 0 Å². The highest BCUT2D eigenvalue weighted by Gasteiger charge is 2.23. The summed E-state index contributed by atoms with van der Waals surface area (Å²) in [5.41, 5.74) is 0. The van der Waals surface area contributed by atoms with Crippen molar-refractivity contribution < 1.29 is 0 Å². The van der Waals surface area contributed by atoms with Gasteiger partial charge in [0.05, 0.1) is 6.04 Å². The van der Waals surface area contributed by atoms with Crippen molar-refractivity contribution in [2.45, 2.75) is 52.2 Å². The summed E-state index contributed by atoms with van der Waals surface area (Å²) in [5, 5.41) is 7.90. The van der Waals surface area contributed by atoms with Crippen molar-refractivity contribution in [3.05, 3.63) is 11.6 Å². The van der Waals surface area contributed by atoms with Crippen LogP contribution in [0.15, 0.2) is 0 Å². The van der Waals surface area contributed by atoms with Crippen LogP contribution < -0.4 is 5.32 Å². The number of hydrogen-bond acceptors (Lipinski definition) is 3. The summed E-state index contributed by atoms with van der Waals surface area (Å²) >= 11 is 0. The maximum Gasteiger partial charge on any atom is 0.147 e. The number of hydrogen-bond donors (Lipinski definition) is 1. The van der Waals surface area contributed by atoms with E-state index in [1.165, 1.54) is 12.8 Å². The number of fused-ring (bicyclic) bond motifs is 1. The third kappa shape index (κ3) is 1.80. The molecule has 1 unspecified atom stereocenters. The summed E-state index contributed by atoms with van der Waals surface area (Å²) in [6, 6.07) is 0.897. The van der Waals surface area contributed by atoms with Gasteiger partial charge in [0, 0.05) is 12.6 Å². The van der Waals surface area contributed by atoms with Gasteiger partial charge in [-0.25, -0.2) is 9.67 Å². The van der Waals surface area contributed by atoms with Crippen LogP contribution in [0.3, 0.4) is 0 Å². The molecule has 78 valence electrons. The highest BCUT2D eigenvalue weighted by Crippen LogP contribution is 2.23. The first kappa shape index (κ1) is 9.65. The van der Waals surface area contributed by atoms with E-state index in [9.17, 15) is 0 Å². The zero-order valence-corrected chi connectivity index (χ0v) is 9.12. The summed E-state index contributed by atoms with van der Waals surface area (Å²) in [6.45, 7) is 7.31. The van der Waals surface area contributed by atoms with Crippen LogP contribution in [0.1, 0.15) is 44.4 Å². The molecule has 4 heteroatoms. The van der Waals surface area contributed by atoms with Crippen molar-refractivity contribution in [3.8, 4) is 0 Å². The summed E-state index contributed by atoms with van der Waals surface area (Å²) < 4.78 is 2.04. The number of aryl methyl sites for hydroxylation is 2. The molecule has 2 heterocycles. The molecule has 0 saturated carbocycles. The van der Waals surface area contributed by atoms with E-state index in [-0.39, 0.29) is 0 Å². The zero-order chi connectivity index (χ0) is 10.1. The molecule has 4 nitrogen and oxygen atoms in total. The van der Waals surface area contributed by atoms with Gasteiger partial charge < -0.3 is 5.32 Å². The highest BCUT2D eigenvalue weighted by molar-refractivity contribution is 5.01. The zero-order valence-electron chi connectivity index (χ0n) is 9.12. The molecule has 1 aliphatic rings. The Bertz CT molecular complexity index is 316. The molecular weight excluding hydrogens is 176 g/mol. The first-order valence-electron chi connectivity index (χ1n) is 5.34. The Morgan fingerprint density at radius 2 is 2.29 bits per heavy atom. The quantitative estimate of drug-likeness (QED) is 0.774. The van der Waals surface area contributed by atoms with Gasteiger partial charge in [-0.05, 0) is 19.8 Å². The lowest BCUT2D eigenvalue weighted by Gasteiger charge is -2.24. The van der Waals surface area contributed by atoms with Gasteiger partial charge in [0.25, 0.3) is 0 Å². The van der Waals surface area contributed by atoms with E-state index in [0.717, 1.165) is 18.2 Å². The number of nitrogens with one attached hydrogen (secondary N) is 1. The Labute approximate surface area is 84.7 Å². The average molecular weight is 194 g/mol. The summed E-state index contributed by atoms with van der Waals surface area (Å²) in [5.74, 6) is 2.00. The number of nitrogens with zero attached hydrogens (tertiary/aromatic N) is 3. The third-order valence-corrected chi connectivity index (χ3v) is 2.52. The highest BCUT2D eigenvalue weighted by atomic mass is 15.4. The van der Waals surface area contributed by atoms with Gasteiger partial charge in [-0.15, -0.1) is 0 Å². The average Bonchev–Trinajstić information content (AvgIpc) is 2.45. The molecule has 1 N–H and O–H groups in total. The number of rotatable bonds is 2. The molecule has 0 aliphatic carbocycles. The fourth-order valence-electron chi connectivity index (χ4n) is 2.03. The van der Waals surface area contributed by atoms with Crippen LogP contribution in [0.25, 0.3) is 0 Å². The predicted octanol–water partition coefficient (Wildman–Crippen LogP) is 1.42. The standard InChI is InChI=1S/C10H18N4/c1-7(2)11-9-5-4-6-14-10(9)12-8(3)13-14/h7,9,11H,4-6H2,1-3H3. The normalized spacial score (nSPS) is 21.3. The van der Waals surface area contributed by atoms with Crippen molar-refractivity contribution >= 4 is 0 Å². The van der Waals surface area contributed by atoms with Crippen molar-refractivity contribution in [3.63, 3.8) is 0 Å². The first-order chi connectivity index (χ1) is 6.66. The largest absolute Gasteiger partial charge is 0.305 e. The van der Waals surface area contributed by atoms with E-state index in [1.54, 1.807) is 0 Å². The molecule has 2 rings (SSSR count). The molecule has 14 heavy (non-hydrogen) atoms. The van der Waals surface area contributed by atoms with Crippen LogP contribution in [-0.2, 0) is 6.54 Å². The Morgan fingerprint density at radius 1 is 1.50 bits per heavy atom. The maximum atomic E-state index is 4.48. The summed E-state index contributed by atoms with van der Waals surface area (Å²) in [6.07, 6.45) is 2.37. The van der Waals surface area contributed by atoms with Crippen LogP contribution in [-0.4, -0.2) is 20.8 Å². The van der Waals surface area contributed by atoms with E-state index in [2.05, 4.69) is 29.2 Å².